The van der Waals surface area contributed by atoms with Crippen LogP contribution in [-0.4, -0.2) is 63.3 Å². The first kappa shape index (κ1) is 36.1. The largest absolute Gasteiger partial charge is 1.00 e. The molecule has 22 heavy (non-hydrogen) atoms. The molecular formula is C9H13K3O10. The van der Waals surface area contributed by atoms with Gasteiger partial charge in [-0.2, -0.15) is 0 Å². The van der Waals surface area contributed by atoms with Gasteiger partial charge in [0.25, 0.3) is 0 Å². The molecule has 0 rings (SSSR count). The number of aliphatic hydroxyl groups excluding tert-OH is 3. The molecule has 0 radical (unpaired) electrons. The van der Waals surface area contributed by atoms with Crippen LogP contribution in [0.25, 0.3) is 0 Å². The minimum atomic E-state index is -2.97. The SMILES string of the molecule is O=C([O-])CC(O)(CC(=O)[O-])C(=O)[O-].OCC(O)CO.[K+].[K+].[K+]. The third-order valence-corrected chi connectivity index (χ3v) is 1.68. The van der Waals surface area contributed by atoms with Gasteiger partial charge in [-0.25, -0.2) is 0 Å². The number of aliphatic carboxylic acids is 3. The van der Waals surface area contributed by atoms with E-state index in [9.17, 15) is 29.7 Å². The number of carboxylic acids is 3. The summed E-state index contributed by atoms with van der Waals surface area (Å²) in [6.45, 7) is -0.729. The molecule has 13 heteroatoms. The summed E-state index contributed by atoms with van der Waals surface area (Å²) in [7, 11) is 0. The van der Waals surface area contributed by atoms with Crippen molar-refractivity contribution in [3.8, 4) is 0 Å². The van der Waals surface area contributed by atoms with Crippen LogP contribution < -0.4 is 169 Å². The van der Waals surface area contributed by atoms with Crippen molar-refractivity contribution >= 4 is 17.9 Å². The van der Waals surface area contributed by atoms with Crippen LogP contribution in [0.3, 0.4) is 0 Å². The first-order valence-corrected chi connectivity index (χ1v) is 4.82. The first-order chi connectivity index (χ1) is 8.58. The van der Waals surface area contributed by atoms with Crippen molar-refractivity contribution in [1.82, 2.24) is 0 Å². The maximum absolute atomic E-state index is 10.1. The van der Waals surface area contributed by atoms with Gasteiger partial charge in [0, 0.05) is 24.8 Å². The number of carbonyl (C=O) groups is 3. The normalized spacial score (nSPS) is 9.14. The average molecular weight is 398 g/mol. The van der Waals surface area contributed by atoms with Gasteiger partial charge in [-0.05, 0) is 0 Å². The van der Waals surface area contributed by atoms with Crippen LogP contribution in [0.2, 0.25) is 0 Å². The smallest absolute Gasteiger partial charge is 0.550 e. The van der Waals surface area contributed by atoms with Crippen molar-refractivity contribution in [3.63, 3.8) is 0 Å². The summed E-state index contributed by atoms with van der Waals surface area (Å²) >= 11 is 0. The first-order valence-electron chi connectivity index (χ1n) is 4.82. The Morgan fingerprint density at radius 2 is 1.14 bits per heavy atom. The van der Waals surface area contributed by atoms with E-state index in [1.165, 1.54) is 0 Å². The second kappa shape index (κ2) is 20.5. The van der Waals surface area contributed by atoms with Crippen molar-refractivity contribution in [3.05, 3.63) is 0 Å². The third-order valence-electron chi connectivity index (χ3n) is 1.68. The summed E-state index contributed by atoms with van der Waals surface area (Å²) in [6, 6.07) is 0. The van der Waals surface area contributed by atoms with E-state index < -0.39 is 42.5 Å². The monoisotopic (exact) mass is 398 g/mol. The van der Waals surface area contributed by atoms with E-state index in [0.717, 1.165) is 0 Å². The molecule has 0 aromatic carbocycles. The molecule has 0 amide bonds. The predicted octanol–water partition coefficient (Wildman–Crippen LogP) is -15.9. The van der Waals surface area contributed by atoms with Crippen molar-refractivity contribution in [2.45, 2.75) is 24.5 Å². The van der Waals surface area contributed by atoms with Gasteiger partial charge in [-0.1, -0.05) is 0 Å². The molecule has 0 aromatic heterocycles. The van der Waals surface area contributed by atoms with Gasteiger partial charge >= 0.3 is 154 Å². The minimum absolute atomic E-state index is 0. The van der Waals surface area contributed by atoms with E-state index in [0.29, 0.717) is 0 Å². The Labute approximate surface area is 253 Å². The molecule has 0 aromatic rings. The molecule has 0 heterocycles. The zero-order valence-corrected chi connectivity index (χ0v) is 22.0. The van der Waals surface area contributed by atoms with Crippen LogP contribution in [0.5, 0.6) is 0 Å². The van der Waals surface area contributed by atoms with E-state index in [-0.39, 0.29) is 167 Å². The van der Waals surface area contributed by atoms with Gasteiger partial charge in [-0.3, -0.25) is 0 Å². The van der Waals surface area contributed by atoms with Gasteiger partial charge in [0.2, 0.25) is 0 Å². The third kappa shape index (κ3) is 21.2. The fourth-order valence-electron chi connectivity index (χ4n) is 0.742. The molecule has 0 spiro atoms. The predicted molar refractivity (Wildman–Crippen MR) is 49.4 cm³/mol. The molecule has 0 bridgehead atoms. The van der Waals surface area contributed by atoms with E-state index in [4.69, 9.17) is 20.4 Å². The second-order valence-electron chi connectivity index (χ2n) is 3.44. The van der Waals surface area contributed by atoms with E-state index in [1.807, 2.05) is 0 Å². The zero-order chi connectivity index (χ0) is 15.6. The van der Waals surface area contributed by atoms with Crippen LogP contribution in [0.1, 0.15) is 12.8 Å². The maximum Gasteiger partial charge on any atom is 1.00 e. The molecule has 0 atom stereocenters. The molecule has 0 fully saturated rings. The number of carboxylic acid groups (broad SMARTS) is 3. The Morgan fingerprint density at radius 1 is 0.864 bits per heavy atom. The number of hydrogen-bond acceptors (Lipinski definition) is 10. The van der Waals surface area contributed by atoms with Crippen LogP contribution in [-0.2, 0) is 14.4 Å². The van der Waals surface area contributed by atoms with E-state index in [1.54, 1.807) is 0 Å². The molecule has 0 saturated heterocycles. The van der Waals surface area contributed by atoms with E-state index >= 15 is 0 Å². The second-order valence-corrected chi connectivity index (χ2v) is 3.44. The van der Waals surface area contributed by atoms with Crippen molar-refractivity contribution in [1.29, 1.82) is 0 Å². The summed E-state index contributed by atoms with van der Waals surface area (Å²) in [5, 5.41) is 62.9. The van der Waals surface area contributed by atoms with Crippen molar-refractivity contribution in [2.24, 2.45) is 0 Å². The zero-order valence-electron chi connectivity index (χ0n) is 12.6. The number of rotatable bonds is 7. The van der Waals surface area contributed by atoms with E-state index in [2.05, 4.69) is 0 Å². The molecule has 0 saturated carbocycles. The Morgan fingerprint density at radius 3 is 1.23 bits per heavy atom. The summed E-state index contributed by atoms with van der Waals surface area (Å²) in [6.07, 6.45) is -3.67. The summed E-state index contributed by atoms with van der Waals surface area (Å²) < 4.78 is 0. The average Bonchev–Trinajstić information content (AvgIpc) is 2.26. The molecule has 4 N–H and O–H groups in total. The minimum Gasteiger partial charge on any atom is -0.550 e. The van der Waals surface area contributed by atoms with Gasteiger partial charge in [-0.15, -0.1) is 0 Å². The van der Waals surface area contributed by atoms with Gasteiger partial charge in [0.15, 0.2) is 0 Å². The van der Waals surface area contributed by atoms with Crippen molar-refractivity contribution < 1.29 is 204 Å². The summed E-state index contributed by atoms with van der Waals surface area (Å²) in [5.74, 6) is -5.98. The molecule has 0 unspecified atom stereocenters. The van der Waals surface area contributed by atoms with Crippen LogP contribution in [0.15, 0.2) is 0 Å². The number of carbonyl (C=O) groups excluding carboxylic acids is 3. The van der Waals surface area contributed by atoms with Gasteiger partial charge in [0.05, 0.1) is 19.2 Å². The number of hydrogen-bond donors (Lipinski definition) is 4. The molecule has 0 aliphatic rings. The topological polar surface area (TPSA) is 201 Å². The Balaban J connectivity index is -0.0000000933. The van der Waals surface area contributed by atoms with Crippen LogP contribution in [0, 0.1) is 0 Å². The Bertz CT molecular complexity index is 305. The summed E-state index contributed by atoms with van der Waals surface area (Å²) in [5.41, 5.74) is -2.97. The Kier molecular flexibility index (Phi) is 33.6. The quantitative estimate of drug-likeness (QED) is 0.298. The Hall–Kier alpha value is 3.16. The molecule has 10 nitrogen and oxygen atoms in total. The van der Waals surface area contributed by atoms with Crippen LogP contribution >= 0.6 is 0 Å². The summed E-state index contributed by atoms with van der Waals surface area (Å²) in [4.78, 5) is 30.0. The fraction of sp³-hybridized carbons (Fsp3) is 0.667. The molecule has 0 aliphatic carbocycles. The molecule has 0 aliphatic heterocycles. The van der Waals surface area contributed by atoms with Gasteiger partial charge in [0.1, 0.15) is 11.7 Å². The van der Waals surface area contributed by atoms with Crippen LogP contribution in [0.4, 0.5) is 0 Å². The molecule has 112 valence electrons. The molecular weight excluding hydrogens is 385 g/mol. The van der Waals surface area contributed by atoms with Crippen molar-refractivity contribution in [2.75, 3.05) is 13.2 Å². The standard InChI is InChI=1S/C6H8O7.C3H8O3.3K/c7-3(8)1-6(13,5(11)12)2-4(9)10;4-1-3(6)2-5;;;/h13H,1-2H2,(H,7,8)(H,9,10)(H,11,12);3-6H,1-2H2;;;/q;;3*+1/p-3. The maximum atomic E-state index is 10.1. The fourth-order valence-corrected chi connectivity index (χ4v) is 0.742. The number of aliphatic hydroxyl groups is 4. The van der Waals surface area contributed by atoms with Gasteiger partial charge < -0.3 is 50.1 Å².